The van der Waals surface area contributed by atoms with Crippen molar-refractivity contribution in [2.24, 2.45) is 5.92 Å². The van der Waals surface area contributed by atoms with Gasteiger partial charge >= 0.3 is 5.97 Å². The van der Waals surface area contributed by atoms with Crippen LogP contribution in [0.2, 0.25) is 0 Å². The van der Waals surface area contributed by atoms with Crippen molar-refractivity contribution in [2.45, 2.75) is 26.4 Å². The van der Waals surface area contributed by atoms with Crippen molar-refractivity contribution in [3.8, 4) is 0 Å². The Morgan fingerprint density at radius 1 is 1.54 bits per heavy atom. The van der Waals surface area contributed by atoms with E-state index in [0.717, 1.165) is 6.42 Å². The highest BCUT2D eigenvalue weighted by Gasteiger charge is 2.13. The molecule has 0 radical (unpaired) electrons. The molecule has 0 amide bonds. The molecule has 0 heterocycles. The number of hydrogen-bond donors (Lipinski definition) is 1. The van der Waals surface area contributed by atoms with Gasteiger partial charge in [0.05, 0.1) is 19.1 Å². The number of carbonyl (C=O) groups is 1. The van der Waals surface area contributed by atoms with Crippen molar-refractivity contribution in [1.29, 1.82) is 0 Å². The van der Waals surface area contributed by atoms with Crippen molar-refractivity contribution in [3.63, 3.8) is 0 Å². The van der Waals surface area contributed by atoms with Crippen LogP contribution < -0.4 is 0 Å². The smallest absolute Gasteiger partial charge is 0.309 e. The molecule has 78 valence electrons. The first kappa shape index (κ1) is 12.8. The minimum absolute atomic E-state index is 0.0842. The number of hydrogen-bond acceptors (Lipinski definition) is 4. The Morgan fingerprint density at radius 3 is 2.62 bits per heavy atom. The fraction of sp³-hybridized carbons (Fsp3) is 0.889. The minimum atomic E-state index is -0.255. The van der Waals surface area contributed by atoms with Gasteiger partial charge in [-0.25, -0.2) is 0 Å². The molecule has 0 saturated carbocycles. The van der Waals surface area contributed by atoms with Gasteiger partial charge in [-0.2, -0.15) is 11.8 Å². The van der Waals surface area contributed by atoms with Gasteiger partial charge in [0, 0.05) is 11.5 Å². The van der Waals surface area contributed by atoms with E-state index in [1.807, 2.05) is 13.8 Å². The molecule has 13 heavy (non-hydrogen) atoms. The van der Waals surface area contributed by atoms with Gasteiger partial charge in [0.1, 0.15) is 0 Å². The summed E-state index contributed by atoms with van der Waals surface area (Å²) in [7, 11) is 1.39. The van der Waals surface area contributed by atoms with Crippen LogP contribution in [0, 0.1) is 5.92 Å². The summed E-state index contributed by atoms with van der Waals surface area (Å²) in [6.45, 7) is 3.77. The summed E-state index contributed by atoms with van der Waals surface area (Å²) in [6, 6.07) is 0. The van der Waals surface area contributed by atoms with E-state index in [0.29, 0.717) is 11.5 Å². The van der Waals surface area contributed by atoms with E-state index in [4.69, 9.17) is 0 Å². The Hall–Kier alpha value is -0.220. The lowest BCUT2D eigenvalue weighted by molar-refractivity contribution is -0.143. The SMILES string of the molecule is CCC(O)CSCC(C)C(=O)OC. The lowest BCUT2D eigenvalue weighted by Gasteiger charge is -2.10. The average molecular weight is 206 g/mol. The van der Waals surface area contributed by atoms with Crippen LogP contribution >= 0.6 is 11.8 Å². The molecular formula is C9H18O3S. The van der Waals surface area contributed by atoms with Crippen molar-refractivity contribution in [3.05, 3.63) is 0 Å². The van der Waals surface area contributed by atoms with Gasteiger partial charge in [-0.15, -0.1) is 0 Å². The highest BCUT2D eigenvalue weighted by molar-refractivity contribution is 7.99. The predicted molar refractivity (Wildman–Crippen MR) is 54.8 cm³/mol. The third kappa shape index (κ3) is 5.93. The summed E-state index contributed by atoms with van der Waals surface area (Å²) in [5.41, 5.74) is 0. The number of ether oxygens (including phenoxy) is 1. The van der Waals surface area contributed by atoms with E-state index in [-0.39, 0.29) is 18.0 Å². The molecule has 0 saturated heterocycles. The summed E-state index contributed by atoms with van der Waals surface area (Å²) in [6.07, 6.45) is 0.509. The van der Waals surface area contributed by atoms with E-state index in [1.165, 1.54) is 7.11 Å². The molecule has 0 fully saturated rings. The molecular weight excluding hydrogens is 188 g/mol. The molecule has 0 rings (SSSR count). The van der Waals surface area contributed by atoms with E-state index >= 15 is 0 Å². The molecule has 1 N–H and O–H groups in total. The van der Waals surface area contributed by atoms with Crippen LogP contribution in [0.3, 0.4) is 0 Å². The van der Waals surface area contributed by atoms with E-state index < -0.39 is 0 Å². The Bertz CT molecular complexity index is 150. The minimum Gasteiger partial charge on any atom is -0.469 e. The highest BCUT2D eigenvalue weighted by atomic mass is 32.2. The predicted octanol–water partition coefficient (Wildman–Crippen LogP) is 1.30. The molecule has 0 aliphatic heterocycles. The molecule has 0 aliphatic rings. The first-order valence-electron chi connectivity index (χ1n) is 4.45. The Kier molecular flexibility index (Phi) is 7.09. The van der Waals surface area contributed by atoms with E-state index in [2.05, 4.69) is 4.74 Å². The van der Waals surface area contributed by atoms with Crippen molar-refractivity contribution >= 4 is 17.7 Å². The first-order valence-corrected chi connectivity index (χ1v) is 5.60. The summed E-state index contributed by atoms with van der Waals surface area (Å²) in [5, 5.41) is 9.23. The molecule has 4 heteroatoms. The Labute approximate surface area is 83.9 Å². The topological polar surface area (TPSA) is 46.5 Å². The second-order valence-corrected chi connectivity index (χ2v) is 4.10. The normalized spacial score (nSPS) is 15.1. The zero-order valence-corrected chi connectivity index (χ0v) is 9.26. The molecule has 3 nitrogen and oxygen atoms in total. The van der Waals surface area contributed by atoms with Crippen molar-refractivity contribution in [1.82, 2.24) is 0 Å². The van der Waals surface area contributed by atoms with Gasteiger partial charge in [0.2, 0.25) is 0 Å². The van der Waals surface area contributed by atoms with Crippen molar-refractivity contribution in [2.75, 3.05) is 18.6 Å². The van der Waals surface area contributed by atoms with Crippen LogP contribution in [0.15, 0.2) is 0 Å². The quantitative estimate of drug-likeness (QED) is 0.665. The highest BCUT2D eigenvalue weighted by Crippen LogP contribution is 2.11. The number of aliphatic hydroxyl groups excluding tert-OH is 1. The van der Waals surface area contributed by atoms with Crippen LogP contribution in [0.1, 0.15) is 20.3 Å². The number of aliphatic hydroxyl groups is 1. The maximum absolute atomic E-state index is 11.0. The number of carbonyl (C=O) groups excluding carboxylic acids is 1. The largest absolute Gasteiger partial charge is 0.469 e. The molecule has 0 spiro atoms. The van der Waals surface area contributed by atoms with Crippen LogP contribution in [0.25, 0.3) is 0 Å². The van der Waals surface area contributed by atoms with Gasteiger partial charge in [0.15, 0.2) is 0 Å². The van der Waals surface area contributed by atoms with Crippen LogP contribution in [0.4, 0.5) is 0 Å². The van der Waals surface area contributed by atoms with Gasteiger partial charge in [-0.3, -0.25) is 4.79 Å². The zero-order valence-electron chi connectivity index (χ0n) is 8.45. The molecule has 2 unspecified atom stereocenters. The molecule has 0 aromatic carbocycles. The number of thioether (sulfide) groups is 1. The zero-order chi connectivity index (χ0) is 10.3. The monoisotopic (exact) mass is 206 g/mol. The number of rotatable bonds is 6. The second kappa shape index (κ2) is 7.21. The summed E-state index contributed by atoms with van der Waals surface area (Å²) in [4.78, 5) is 11.0. The van der Waals surface area contributed by atoms with Crippen LogP contribution in [-0.2, 0) is 9.53 Å². The third-order valence-electron chi connectivity index (χ3n) is 1.75. The fourth-order valence-electron chi connectivity index (χ4n) is 0.768. The maximum atomic E-state index is 11.0. The van der Waals surface area contributed by atoms with E-state index in [9.17, 15) is 9.90 Å². The van der Waals surface area contributed by atoms with Crippen LogP contribution in [-0.4, -0.2) is 35.8 Å². The lowest BCUT2D eigenvalue weighted by atomic mass is 10.2. The van der Waals surface area contributed by atoms with E-state index in [1.54, 1.807) is 11.8 Å². The molecule has 0 bridgehead atoms. The molecule has 0 aliphatic carbocycles. The lowest BCUT2D eigenvalue weighted by Crippen LogP contribution is -2.16. The molecule has 0 aromatic heterocycles. The van der Waals surface area contributed by atoms with Crippen molar-refractivity contribution < 1.29 is 14.6 Å². The summed E-state index contributed by atoms with van der Waals surface area (Å²) in [5.74, 6) is 1.14. The molecule has 2 atom stereocenters. The van der Waals surface area contributed by atoms with Gasteiger partial charge in [-0.1, -0.05) is 13.8 Å². The standard InChI is InChI=1S/C9H18O3S/c1-4-8(10)6-13-5-7(2)9(11)12-3/h7-8,10H,4-6H2,1-3H3. The van der Waals surface area contributed by atoms with Gasteiger partial charge in [0.25, 0.3) is 0 Å². The Morgan fingerprint density at radius 2 is 2.15 bits per heavy atom. The Balaban J connectivity index is 3.47. The van der Waals surface area contributed by atoms with Gasteiger partial charge in [-0.05, 0) is 6.42 Å². The third-order valence-corrected chi connectivity index (χ3v) is 3.11. The number of methoxy groups -OCH3 is 1. The fourth-order valence-corrected chi connectivity index (χ4v) is 1.90. The summed E-state index contributed by atoms with van der Waals surface area (Å²) < 4.78 is 4.58. The number of esters is 1. The van der Waals surface area contributed by atoms with Crippen LogP contribution in [0.5, 0.6) is 0 Å². The first-order chi connectivity index (χ1) is 6.11. The maximum Gasteiger partial charge on any atom is 0.309 e. The average Bonchev–Trinajstić information content (AvgIpc) is 2.15. The second-order valence-electron chi connectivity index (χ2n) is 3.02. The molecule has 0 aromatic rings. The summed E-state index contributed by atoms with van der Waals surface area (Å²) >= 11 is 1.59. The van der Waals surface area contributed by atoms with Gasteiger partial charge < -0.3 is 9.84 Å².